The molecule has 0 spiro atoms. The van der Waals surface area contributed by atoms with Crippen molar-refractivity contribution in [3.63, 3.8) is 0 Å². The normalized spacial score (nSPS) is 20.1. The number of amides is 1. The fraction of sp³-hybridized carbons (Fsp3) is 0.125. The summed E-state index contributed by atoms with van der Waals surface area (Å²) in [5, 5.41) is 3.36. The molecule has 1 atom stereocenters. The molecular weight excluding hydrogens is 268 g/mol. The van der Waals surface area contributed by atoms with Crippen molar-refractivity contribution in [1.29, 1.82) is 0 Å². The second kappa shape index (κ2) is 5.92. The predicted octanol–water partition coefficient (Wildman–Crippen LogP) is 3.15. The Kier molecular flexibility index (Phi) is 3.83. The van der Waals surface area contributed by atoms with E-state index in [0.29, 0.717) is 11.7 Å². The summed E-state index contributed by atoms with van der Waals surface area (Å²) < 4.78 is 0. The molecule has 1 amide bonds. The van der Waals surface area contributed by atoms with E-state index < -0.39 is 0 Å². The molecule has 1 fully saturated rings. The first kappa shape index (κ1) is 12.9. The number of carbonyl (C=O) groups is 1. The number of aliphatic imine (C=N–C) groups is 1. The van der Waals surface area contributed by atoms with Gasteiger partial charge in [-0.05, 0) is 11.1 Å². The van der Waals surface area contributed by atoms with E-state index in [0.717, 1.165) is 11.1 Å². The number of amidine groups is 1. The first-order valence-corrected chi connectivity index (χ1v) is 7.32. The van der Waals surface area contributed by atoms with E-state index in [1.54, 1.807) is 0 Å². The Morgan fingerprint density at radius 3 is 2.35 bits per heavy atom. The number of hydrogen-bond acceptors (Lipinski definition) is 3. The van der Waals surface area contributed by atoms with E-state index in [2.05, 4.69) is 10.3 Å². The van der Waals surface area contributed by atoms with Crippen LogP contribution in [0.5, 0.6) is 0 Å². The second-order valence-electron chi connectivity index (χ2n) is 4.50. The van der Waals surface area contributed by atoms with Crippen LogP contribution in [0.25, 0.3) is 0 Å². The summed E-state index contributed by atoms with van der Waals surface area (Å²) in [7, 11) is 0. The largest absolute Gasteiger partial charge is 0.304 e. The van der Waals surface area contributed by atoms with Gasteiger partial charge in [0.25, 0.3) is 0 Å². The van der Waals surface area contributed by atoms with Gasteiger partial charge in [-0.2, -0.15) is 0 Å². The maximum Gasteiger partial charge on any atom is 0.244 e. The number of rotatable bonds is 3. The highest BCUT2D eigenvalue weighted by Crippen LogP contribution is 2.34. The van der Waals surface area contributed by atoms with Crippen LogP contribution in [0.1, 0.15) is 16.4 Å². The Hall–Kier alpha value is -2.07. The van der Waals surface area contributed by atoms with Crippen molar-refractivity contribution >= 4 is 22.8 Å². The highest BCUT2D eigenvalue weighted by atomic mass is 32.2. The van der Waals surface area contributed by atoms with E-state index in [4.69, 9.17) is 0 Å². The third-order valence-corrected chi connectivity index (χ3v) is 4.22. The topological polar surface area (TPSA) is 41.5 Å². The zero-order chi connectivity index (χ0) is 13.8. The maximum atomic E-state index is 12.0. The monoisotopic (exact) mass is 282 g/mol. The highest BCUT2D eigenvalue weighted by Gasteiger charge is 2.31. The first-order chi connectivity index (χ1) is 9.83. The van der Waals surface area contributed by atoms with E-state index in [-0.39, 0.29) is 11.2 Å². The lowest BCUT2D eigenvalue weighted by Gasteiger charge is -2.03. The minimum Gasteiger partial charge on any atom is -0.304 e. The fourth-order valence-corrected chi connectivity index (χ4v) is 3.02. The Balaban J connectivity index is 1.71. The number of carbonyl (C=O) groups excluding carboxylic acids is 1. The van der Waals surface area contributed by atoms with Crippen LogP contribution in [0.2, 0.25) is 0 Å². The van der Waals surface area contributed by atoms with Gasteiger partial charge in [0.15, 0.2) is 5.17 Å². The zero-order valence-electron chi connectivity index (χ0n) is 10.8. The summed E-state index contributed by atoms with van der Waals surface area (Å²) in [5.74, 6) is 0.00742. The van der Waals surface area contributed by atoms with Crippen LogP contribution in [0.3, 0.4) is 0 Å². The van der Waals surface area contributed by atoms with Gasteiger partial charge in [0.1, 0.15) is 5.25 Å². The lowest BCUT2D eigenvalue weighted by molar-refractivity contribution is -0.118. The van der Waals surface area contributed by atoms with Crippen LogP contribution >= 0.6 is 11.8 Å². The summed E-state index contributed by atoms with van der Waals surface area (Å²) in [4.78, 5) is 16.5. The van der Waals surface area contributed by atoms with E-state index in [1.807, 2.05) is 60.7 Å². The molecule has 0 unspecified atom stereocenters. The Labute approximate surface area is 122 Å². The van der Waals surface area contributed by atoms with Crippen LogP contribution in [0, 0.1) is 0 Å². The minimum atomic E-state index is -0.189. The van der Waals surface area contributed by atoms with Crippen LogP contribution in [0.15, 0.2) is 65.7 Å². The minimum absolute atomic E-state index is 0.00742. The molecule has 1 aliphatic rings. The van der Waals surface area contributed by atoms with Crippen molar-refractivity contribution in [3.05, 3.63) is 71.8 Å². The number of nitrogens with one attached hydrogen (secondary N) is 1. The first-order valence-electron chi connectivity index (χ1n) is 6.44. The van der Waals surface area contributed by atoms with Crippen molar-refractivity contribution in [2.24, 2.45) is 4.99 Å². The molecule has 0 aromatic heterocycles. The van der Waals surface area contributed by atoms with Crippen LogP contribution in [0.4, 0.5) is 0 Å². The molecule has 1 aliphatic heterocycles. The second-order valence-corrected chi connectivity index (χ2v) is 5.60. The molecule has 3 nitrogen and oxygen atoms in total. The van der Waals surface area contributed by atoms with Gasteiger partial charge in [-0.3, -0.25) is 9.79 Å². The Morgan fingerprint density at radius 2 is 1.65 bits per heavy atom. The van der Waals surface area contributed by atoms with Gasteiger partial charge in [0.2, 0.25) is 5.91 Å². The quantitative estimate of drug-likeness (QED) is 0.939. The molecule has 3 rings (SSSR count). The van der Waals surface area contributed by atoms with Gasteiger partial charge < -0.3 is 5.32 Å². The van der Waals surface area contributed by atoms with Gasteiger partial charge in [-0.25, -0.2) is 0 Å². The van der Waals surface area contributed by atoms with Gasteiger partial charge in [-0.15, -0.1) is 0 Å². The molecule has 100 valence electrons. The zero-order valence-corrected chi connectivity index (χ0v) is 11.6. The van der Waals surface area contributed by atoms with E-state index in [1.165, 1.54) is 11.8 Å². The molecule has 2 aromatic carbocycles. The lowest BCUT2D eigenvalue weighted by atomic mass is 10.1. The van der Waals surface area contributed by atoms with E-state index >= 15 is 0 Å². The molecular formula is C16H14N2OS. The molecule has 0 saturated carbocycles. The maximum absolute atomic E-state index is 12.0. The summed E-state index contributed by atoms with van der Waals surface area (Å²) in [6.07, 6.45) is 0. The SMILES string of the molecule is O=C1NC(=NCc2ccccc2)S[C@H]1c1ccccc1. The molecule has 0 aliphatic carbocycles. The van der Waals surface area contributed by atoms with Gasteiger partial charge in [-0.1, -0.05) is 72.4 Å². The van der Waals surface area contributed by atoms with Gasteiger partial charge >= 0.3 is 0 Å². The fourth-order valence-electron chi connectivity index (χ4n) is 2.04. The summed E-state index contributed by atoms with van der Waals surface area (Å²) in [6.45, 7) is 0.588. The van der Waals surface area contributed by atoms with Crippen molar-refractivity contribution in [1.82, 2.24) is 5.32 Å². The highest BCUT2D eigenvalue weighted by molar-refractivity contribution is 8.15. The molecule has 0 bridgehead atoms. The molecule has 1 saturated heterocycles. The van der Waals surface area contributed by atoms with Gasteiger partial charge in [0.05, 0.1) is 6.54 Å². The third kappa shape index (κ3) is 2.91. The Bertz CT molecular complexity index is 625. The van der Waals surface area contributed by atoms with Gasteiger partial charge in [0, 0.05) is 0 Å². The number of hydrogen-bond donors (Lipinski definition) is 1. The van der Waals surface area contributed by atoms with E-state index in [9.17, 15) is 4.79 Å². The van der Waals surface area contributed by atoms with Crippen LogP contribution < -0.4 is 5.32 Å². The Morgan fingerprint density at radius 1 is 1.00 bits per heavy atom. The average molecular weight is 282 g/mol. The summed E-state index contributed by atoms with van der Waals surface area (Å²) in [6, 6.07) is 19.8. The average Bonchev–Trinajstić information content (AvgIpc) is 2.88. The van der Waals surface area contributed by atoms with Crippen molar-refractivity contribution in [3.8, 4) is 0 Å². The smallest absolute Gasteiger partial charge is 0.244 e. The van der Waals surface area contributed by atoms with Crippen molar-refractivity contribution < 1.29 is 4.79 Å². The molecule has 1 heterocycles. The van der Waals surface area contributed by atoms with Crippen LogP contribution in [-0.4, -0.2) is 11.1 Å². The third-order valence-electron chi connectivity index (χ3n) is 3.05. The molecule has 2 aromatic rings. The van der Waals surface area contributed by atoms with Crippen molar-refractivity contribution in [2.45, 2.75) is 11.8 Å². The lowest BCUT2D eigenvalue weighted by Crippen LogP contribution is -2.21. The molecule has 4 heteroatoms. The molecule has 1 N–H and O–H groups in total. The predicted molar refractivity (Wildman–Crippen MR) is 82.5 cm³/mol. The summed E-state index contributed by atoms with van der Waals surface area (Å²) in [5.41, 5.74) is 2.15. The number of nitrogens with zero attached hydrogens (tertiary/aromatic N) is 1. The van der Waals surface area contributed by atoms with Crippen molar-refractivity contribution in [2.75, 3.05) is 0 Å². The van der Waals surface area contributed by atoms with Crippen LogP contribution in [-0.2, 0) is 11.3 Å². The molecule has 20 heavy (non-hydrogen) atoms. The number of thioether (sulfide) groups is 1. The standard InChI is InChI=1S/C16H14N2OS/c19-15-14(13-9-5-2-6-10-13)20-16(18-15)17-11-12-7-3-1-4-8-12/h1-10,14H,11H2,(H,17,18,19)/t14-/m0/s1. The molecule has 0 radical (unpaired) electrons. The number of benzene rings is 2. The summed E-state index contributed by atoms with van der Waals surface area (Å²) >= 11 is 1.48.